The second kappa shape index (κ2) is 6.68. The maximum atomic E-state index is 13.4. The maximum absolute atomic E-state index is 13.4. The standard InChI is InChI=1S/C15H14ClF2NO/c1-19-8-10-4-13(18)6-14(5-10)20-9-11-2-3-12(17)7-15(11)16/h2-7,19H,8-9H2,1H3. The molecule has 2 nitrogen and oxygen atoms in total. The highest BCUT2D eigenvalue weighted by Crippen LogP contribution is 2.21. The van der Waals surface area contributed by atoms with Crippen LogP contribution in [0.4, 0.5) is 8.78 Å². The van der Waals surface area contributed by atoms with Crippen molar-refractivity contribution in [2.45, 2.75) is 13.2 Å². The Kier molecular flexibility index (Phi) is 4.93. The highest BCUT2D eigenvalue weighted by atomic mass is 35.5. The summed E-state index contributed by atoms with van der Waals surface area (Å²) >= 11 is 5.90. The van der Waals surface area contributed by atoms with Crippen LogP contribution in [0.15, 0.2) is 36.4 Å². The minimum absolute atomic E-state index is 0.154. The SMILES string of the molecule is CNCc1cc(F)cc(OCc2ccc(F)cc2Cl)c1. The van der Waals surface area contributed by atoms with Crippen LogP contribution < -0.4 is 10.1 Å². The lowest BCUT2D eigenvalue weighted by Gasteiger charge is -2.10. The third kappa shape index (κ3) is 3.92. The van der Waals surface area contributed by atoms with Crippen molar-refractivity contribution in [1.82, 2.24) is 5.32 Å². The Morgan fingerprint density at radius 3 is 2.60 bits per heavy atom. The van der Waals surface area contributed by atoms with Crippen LogP contribution in [0, 0.1) is 11.6 Å². The van der Waals surface area contributed by atoms with Gasteiger partial charge in [-0.15, -0.1) is 0 Å². The van der Waals surface area contributed by atoms with Crippen LogP contribution in [0.2, 0.25) is 5.02 Å². The molecule has 0 aromatic heterocycles. The second-order valence-electron chi connectivity index (χ2n) is 4.35. The number of hydrogen-bond donors (Lipinski definition) is 1. The Labute approximate surface area is 121 Å². The van der Waals surface area contributed by atoms with E-state index in [1.807, 2.05) is 0 Å². The summed E-state index contributed by atoms with van der Waals surface area (Å²) in [7, 11) is 1.78. The van der Waals surface area contributed by atoms with E-state index < -0.39 is 5.82 Å². The van der Waals surface area contributed by atoms with Crippen molar-refractivity contribution in [2.24, 2.45) is 0 Å². The van der Waals surface area contributed by atoms with Gasteiger partial charge in [0.15, 0.2) is 0 Å². The summed E-state index contributed by atoms with van der Waals surface area (Å²) in [6, 6.07) is 8.56. The summed E-state index contributed by atoms with van der Waals surface area (Å²) < 4.78 is 31.9. The van der Waals surface area contributed by atoms with Crippen LogP contribution >= 0.6 is 11.6 Å². The highest BCUT2D eigenvalue weighted by molar-refractivity contribution is 6.31. The number of halogens is 3. The van der Waals surface area contributed by atoms with E-state index in [2.05, 4.69) is 5.32 Å². The number of ether oxygens (including phenoxy) is 1. The quantitative estimate of drug-likeness (QED) is 0.903. The van der Waals surface area contributed by atoms with Crippen LogP contribution in [0.3, 0.4) is 0 Å². The molecule has 106 valence electrons. The van der Waals surface area contributed by atoms with E-state index in [1.165, 1.54) is 24.3 Å². The Balaban J connectivity index is 2.10. The molecule has 0 bridgehead atoms. The first-order valence-corrected chi connectivity index (χ1v) is 6.47. The molecule has 0 radical (unpaired) electrons. The van der Waals surface area contributed by atoms with E-state index in [4.69, 9.17) is 16.3 Å². The third-order valence-corrected chi connectivity index (χ3v) is 3.07. The normalized spacial score (nSPS) is 10.6. The molecule has 0 aliphatic carbocycles. The van der Waals surface area contributed by atoms with Crippen LogP contribution in [0.1, 0.15) is 11.1 Å². The van der Waals surface area contributed by atoms with Crippen molar-refractivity contribution in [1.29, 1.82) is 0 Å². The average Bonchev–Trinajstić information content (AvgIpc) is 2.37. The molecule has 1 N–H and O–H groups in total. The van der Waals surface area contributed by atoms with Gasteiger partial charge in [0.1, 0.15) is 24.0 Å². The van der Waals surface area contributed by atoms with E-state index in [0.29, 0.717) is 17.9 Å². The Morgan fingerprint density at radius 2 is 1.90 bits per heavy atom. The van der Waals surface area contributed by atoms with Crippen LogP contribution in [-0.4, -0.2) is 7.05 Å². The van der Waals surface area contributed by atoms with Crippen molar-refractivity contribution in [3.63, 3.8) is 0 Å². The molecule has 2 aromatic carbocycles. The van der Waals surface area contributed by atoms with Gasteiger partial charge in [-0.2, -0.15) is 0 Å². The zero-order chi connectivity index (χ0) is 14.5. The van der Waals surface area contributed by atoms with Crippen molar-refractivity contribution < 1.29 is 13.5 Å². The number of hydrogen-bond acceptors (Lipinski definition) is 2. The maximum Gasteiger partial charge on any atom is 0.127 e. The molecule has 0 heterocycles. The molecule has 0 atom stereocenters. The molecule has 20 heavy (non-hydrogen) atoms. The first-order chi connectivity index (χ1) is 9.58. The molecule has 0 aliphatic rings. The van der Waals surface area contributed by atoms with Gasteiger partial charge < -0.3 is 10.1 Å². The smallest absolute Gasteiger partial charge is 0.127 e. The number of nitrogens with one attached hydrogen (secondary N) is 1. The zero-order valence-corrected chi connectivity index (χ0v) is 11.7. The van der Waals surface area contributed by atoms with Crippen molar-refractivity contribution in [3.8, 4) is 5.75 Å². The van der Waals surface area contributed by atoms with Crippen LogP contribution in [0.5, 0.6) is 5.75 Å². The van der Waals surface area contributed by atoms with Crippen molar-refractivity contribution >= 4 is 11.6 Å². The Hall–Kier alpha value is -1.65. The summed E-state index contributed by atoms with van der Waals surface area (Å²) in [5.74, 6) is -0.352. The first-order valence-electron chi connectivity index (χ1n) is 6.09. The van der Waals surface area contributed by atoms with Gasteiger partial charge in [-0.3, -0.25) is 0 Å². The Bertz CT molecular complexity index is 604. The Morgan fingerprint density at radius 1 is 1.10 bits per heavy atom. The summed E-state index contributed by atoms with van der Waals surface area (Å²) in [5.41, 5.74) is 1.43. The van der Waals surface area contributed by atoms with Gasteiger partial charge in [-0.25, -0.2) is 8.78 Å². The van der Waals surface area contributed by atoms with Gasteiger partial charge in [0.2, 0.25) is 0 Å². The van der Waals surface area contributed by atoms with Gasteiger partial charge in [-0.1, -0.05) is 17.7 Å². The van der Waals surface area contributed by atoms with Gasteiger partial charge in [0.05, 0.1) is 5.02 Å². The predicted molar refractivity (Wildman–Crippen MR) is 74.9 cm³/mol. The van der Waals surface area contributed by atoms with Gasteiger partial charge in [-0.05, 0) is 36.9 Å². The first kappa shape index (κ1) is 14.8. The van der Waals surface area contributed by atoms with E-state index in [1.54, 1.807) is 19.2 Å². The highest BCUT2D eigenvalue weighted by Gasteiger charge is 2.05. The lowest BCUT2D eigenvalue weighted by molar-refractivity contribution is 0.304. The molecule has 0 saturated carbocycles. The average molecular weight is 298 g/mol. The van der Waals surface area contributed by atoms with E-state index in [0.717, 1.165) is 5.56 Å². The van der Waals surface area contributed by atoms with Crippen molar-refractivity contribution in [2.75, 3.05) is 7.05 Å². The van der Waals surface area contributed by atoms with Gasteiger partial charge in [0, 0.05) is 18.2 Å². The molecule has 0 aliphatic heterocycles. The molecule has 0 saturated heterocycles. The molecular weight excluding hydrogens is 284 g/mol. The number of benzene rings is 2. The molecule has 5 heteroatoms. The van der Waals surface area contributed by atoms with Crippen LogP contribution in [0.25, 0.3) is 0 Å². The molecule has 0 unspecified atom stereocenters. The lowest BCUT2D eigenvalue weighted by Crippen LogP contribution is -2.06. The van der Waals surface area contributed by atoms with E-state index >= 15 is 0 Å². The largest absolute Gasteiger partial charge is 0.489 e. The van der Waals surface area contributed by atoms with Crippen molar-refractivity contribution in [3.05, 3.63) is 64.2 Å². The fourth-order valence-corrected chi connectivity index (χ4v) is 2.03. The summed E-state index contributed by atoms with van der Waals surface area (Å²) in [6.07, 6.45) is 0. The van der Waals surface area contributed by atoms with Gasteiger partial charge in [0.25, 0.3) is 0 Å². The molecule has 0 spiro atoms. The third-order valence-electron chi connectivity index (χ3n) is 2.72. The lowest BCUT2D eigenvalue weighted by atomic mass is 10.2. The molecule has 2 aromatic rings. The van der Waals surface area contributed by atoms with E-state index in [-0.39, 0.29) is 17.4 Å². The minimum Gasteiger partial charge on any atom is -0.489 e. The molecule has 0 amide bonds. The second-order valence-corrected chi connectivity index (χ2v) is 4.76. The molecular formula is C15H14ClF2NO. The molecule has 0 fully saturated rings. The monoisotopic (exact) mass is 297 g/mol. The fourth-order valence-electron chi connectivity index (χ4n) is 1.81. The van der Waals surface area contributed by atoms with Crippen LogP contribution in [-0.2, 0) is 13.2 Å². The summed E-state index contributed by atoms with van der Waals surface area (Å²) in [4.78, 5) is 0. The minimum atomic E-state index is -0.402. The van der Waals surface area contributed by atoms with Gasteiger partial charge >= 0.3 is 0 Å². The van der Waals surface area contributed by atoms with E-state index in [9.17, 15) is 8.78 Å². The molecule has 2 rings (SSSR count). The predicted octanol–water partition coefficient (Wildman–Crippen LogP) is 3.92. The zero-order valence-electron chi connectivity index (χ0n) is 10.9. The summed E-state index contributed by atoms with van der Waals surface area (Å²) in [5, 5.41) is 3.23. The number of rotatable bonds is 5. The summed E-state index contributed by atoms with van der Waals surface area (Å²) in [6.45, 7) is 0.701. The fraction of sp³-hybridized carbons (Fsp3) is 0.200. The topological polar surface area (TPSA) is 21.3 Å².